The minimum Gasteiger partial charge on any atom is -0.383 e. The van der Waals surface area contributed by atoms with Crippen LogP contribution in [0.15, 0.2) is 18.2 Å². The predicted molar refractivity (Wildman–Crippen MR) is 72.6 cm³/mol. The number of hydrogen-bond donors (Lipinski definition) is 2. The van der Waals surface area contributed by atoms with Crippen LogP contribution in [0.2, 0.25) is 0 Å². The lowest BCUT2D eigenvalue weighted by Crippen LogP contribution is -2.30. The number of fused-ring (bicyclic) bond motifs is 1. The van der Waals surface area contributed by atoms with Crippen LogP contribution in [0.4, 0.5) is 5.69 Å². The Morgan fingerprint density at radius 3 is 3.06 bits per heavy atom. The third-order valence-corrected chi connectivity index (χ3v) is 4.20. The SMILES string of the molecule is N#Cc1cccc2c1NCC2C[C@H]1CCCNC1. The summed E-state index contributed by atoms with van der Waals surface area (Å²) < 4.78 is 0. The van der Waals surface area contributed by atoms with E-state index in [0.29, 0.717) is 5.92 Å². The second-order valence-electron chi connectivity index (χ2n) is 5.41. The highest BCUT2D eigenvalue weighted by atomic mass is 14.9. The van der Waals surface area contributed by atoms with Crippen LogP contribution in [-0.4, -0.2) is 19.6 Å². The Hall–Kier alpha value is -1.53. The molecule has 1 saturated heterocycles. The molecule has 0 amide bonds. The van der Waals surface area contributed by atoms with Gasteiger partial charge >= 0.3 is 0 Å². The molecule has 0 aromatic heterocycles. The van der Waals surface area contributed by atoms with Gasteiger partial charge in [0.05, 0.1) is 11.3 Å². The van der Waals surface area contributed by atoms with Crippen LogP contribution >= 0.6 is 0 Å². The minimum absolute atomic E-state index is 0.582. The van der Waals surface area contributed by atoms with E-state index in [2.05, 4.69) is 22.8 Å². The average Bonchev–Trinajstić information content (AvgIpc) is 2.83. The van der Waals surface area contributed by atoms with Crippen molar-refractivity contribution in [2.24, 2.45) is 5.92 Å². The van der Waals surface area contributed by atoms with E-state index in [-0.39, 0.29) is 0 Å². The van der Waals surface area contributed by atoms with Crippen LogP contribution in [0.3, 0.4) is 0 Å². The highest BCUT2D eigenvalue weighted by Crippen LogP contribution is 2.38. The number of nitrogens with zero attached hydrogens (tertiary/aromatic N) is 1. The molecule has 0 aliphatic carbocycles. The van der Waals surface area contributed by atoms with E-state index in [1.165, 1.54) is 31.4 Å². The van der Waals surface area contributed by atoms with E-state index in [4.69, 9.17) is 5.26 Å². The molecule has 2 heterocycles. The number of hydrogen-bond acceptors (Lipinski definition) is 3. The molecule has 94 valence electrons. The molecule has 3 nitrogen and oxygen atoms in total. The lowest BCUT2D eigenvalue weighted by molar-refractivity contribution is 0.340. The van der Waals surface area contributed by atoms with Gasteiger partial charge in [-0.1, -0.05) is 12.1 Å². The molecule has 2 aliphatic rings. The molecule has 1 fully saturated rings. The molecule has 0 radical (unpaired) electrons. The summed E-state index contributed by atoms with van der Waals surface area (Å²) in [7, 11) is 0. The topological polar surface area (TPSA) is 47.9 Å². The monoisotopic (exact) mass is 241 g/mol. The quantitative estimate of drug-likeness (QED) is 0.836. The van der Waals surface area contributed by atoms with Gasteiger partial charge < -0.3 is 10.6 Å². The van der Waals surface area contributed by atoms with Crippen molar-refractivity contribution < 1.29 is 0 Å². The van der Waals surface area contributed by atoms with E-state index < -0.39 is 0 Å². The molecule has 18 heavy (non-hydrogen) atoms. The van der Waals surface area contributed by atoms with E-state index in [1.807, 2.05) is 12.1 Å². The van der Waals surface area contributed by atoms with E-state index >= 15 is 0 Å². The number of nitrogens with one attached hydrogen (secondary N) is 2. The zero-order valence-corrected chi connectivity index (χ0v) is 10.6. The fraction of sp³-hybridized carbons (Fsp3) is 0.533. The van der Waals surface area contributed by atoms with Crippen LogP contribution < -0.4 is 10.6 Å². The summed E-state index contributed by atoms with van der Waals surface area (Å²) in [5, 5.41) is 16.0. The number of rotatable bonds is 2. The summed E-state index contributed by atoms with van der Waals surface area (Å²) in [6.45, 7) is 3.32. The van der Waals surface area contributed by atoms with Crippen LogP contribution in [0.1, 0.15) is 36.3 Å². The third kappa shape index (κ3) is 2.09. The Bertz CT molecular complexity index is 469. The maximum atomic E-state index is 9.11. The Kier molecular flexibility index (Phi) is 3.21. The number of piperidine rings is 1. The van der Waals surface area contributed by atoms with Crippen molar-refractivity contribution in [1.82, 2.24) is 5.32 Å². The van der Waals surface area contributed by atoms with Crippen LogP contribution in [0.25, 0.3) is 0 Å². The molecular weight excluding hydrogens is 222 g/mol. The van der Waals surface area contributed by atoms with Gasteiger partial charge in [0.2, 0.25) is 0 Å². The smallest absolute Gasteiger partial charge is 0.101 e. The Morgan fingerprint density at radius 2 is 2.28 bits per heavy atom. The lowest BCUT2D eigenvalue weighted by Gasteiger charge is -2.25. The molecule has 2 N–H and O–H groups in total. The van der Waals surface area contributed by atoms with Gasteiger partial charge in [0.15, 0.2) is 0 Å². The van der Waals surface area contributed by atoms with Gasteiger partial charge in [-0.15, -0.1) is 0 Å². The van der Waals surface area contributed by atoms with Gasteiger partial charge in [0, 0.05) is 12.5 Å². The van der Waals surface area contributed by atoms with E-state index in [1.54, 1.807) is 0 Å². The van der Waals surface area contributed by atoms with Gasteiger partial charge in [-0.2, -0.15) is 5.26 Å². The molecule has 1 aromatic rings. The van der Waals surface area contributed by atoms with Gasteiger partial charge in [0.25, 0.3) is 0 Å². The van der Waals surface area contributed by atoms with E-state index in [9.17, 15) is 0 Å². The van der Waals surface area contributed by atoms with Crippen molar-refractivity contribution >= 4 is 5.69 Å². The van der Waals surface area contributed by atoms with Crippen LogP contribution in [0.5, 0.6) is 0 Å². The lowest BCUT2D eigenvalue weighted by atomic mass is 9.86. The minimum atomic E-state index is 0.582. The number of nitriles is 1. The first-order valence-electron chi connectivity index (χ1n) is 6.86. The van der Waals surface area contributed by atoms with Crippen molar-refractivity contribution in [2.75, 3.05) is 25.0 Å². The number of anilines is 1. The van der Waals surface area contributed by atoms with Crippen molar-refractivity contribution in [3.8, 4) is 6.07 Å². The summed E-state index contributed by atoms with van der Waals surface area (Å²) in [5.41, 5.74) is 3.21. The van der Waals surface area contributed by atoms with Crippen molar-refractivity contribution in [3.63, 3.8) is 0 Å². The van der Waals surface area contributed by atoms with Gasteiger partial charge in [-0.05, 0) is 49.9 Å². The summed E-state index contributed by atoms with van der Waals surface area (Å²) in [5.74, 6) is 1.38. The molecule has 2 atom stereocenters. The maximum absolute atomic E-state index is 9.11. The van der Waals surface area contributed by atoms with Gasteiger partial charge in [0.1, 0.15) is 6.07 Å². The van der Waals surface area contributed by atoms with Crippen LogP contribution in [-0.2, 0) is 0 Å². The highest BCUT2D eigenvalue weighted by Gasteiger charge is 2.27. The molecule has 3 rings (SSSR count). The molecule has 1 unspecified atom stereocenters. The second-order valence-corrected chi connectivity index (χ2v) is 5.41. The largest absolute Gasteiger partial charge is 0.383 e. The highest BCUT2D eigenvalue weighted by molar-refractivity contribution is 5.66. The first-order chi connectivity index (χ1) is 8.88. The summed E-state index contributed by atoms with van der Waals surface area (Å²) in [6.07, 6.45) is 3.88. The molecular formula is C15H19N3. The van der Waals surface area contributed by atoms with Gasteiger partial charge in [-0.3, -0.25) is 0 Å². The Morgan fingerprint density at radius 1 is 1.33 bits per heavy atom. The van der Waals surface area contributed by atoms with Crippen molar-refractivity contribution in [1.29, 1.82) is 5.26 Å². The zero-order chi connectivity index (χ0) is 12.4. The fourth-order valence-electron chi connectivity index (χ4n) is 3.27. The molecule has 0 saturated carbocycles. The number of para-hydroxylation sites is 1. The molecule has 2 aliphatic heterocycles. The Balaban J connectivity index is 1.76. The number of benzene rings is 1. The fourth-order valence-corrected chi connectivity index (χ4v) is 3.27. The average molecular weight is 241 g/mol. The van der Waals surface area contributed by atoms with Crippen molar-refractivity contribution in [2.45, 2.75) is 25.2 Å². The molecule has 0 spiro atoms. The first-order valence-corrected chi connectivity index (χ1v) is 6.86. The summed E-state index contributed by atoms with van der Waals surface area (Å²) in [4.78, 5) is 0. The summed E-state index contributed by atoms with van der Waals surface area (Å²) >= 11 is 0. The molecule has 1 aromatic carbocycles. The Labute approximate surface area is 108 Å². The zero-order valence-electron chi connectivity index (χ0n) is 10.6. The van der Waals surface area contributed by atoms with Crippen molar-refractivity contribution in [3.05, 3.63) is 29.3 Å². The van der Waals surface area contributed by atoms with E-state index in [0.717, 1.165) is 30.3 Å². The third-order valence-electron chi connectivity index (χ3n) is 4.20. The summed E-state index contributed by atoms with van der Waals surface area (Å²) in [6, 6.07) is 8.36. The van der Waals surface area contributed by atoms with Crippen LogP contribution in [0, 0.1) is 17.2 Å². The molecule has 0 bridgehead atoms. The molecule has 3 heteroatoms. The maximum Gasteiger partial charge on any atom is 0.101 e. The predicted octanol–water partition coefficient (Wildman–Crippen LogP) is 2.46. The van der Waals surface area contributed by atoms with Gasteiger partial charge in [-0.25, -0.2) is 0 Å². The normalized spacial score (nSPS) is 26.2. The second kappa shape index (κ2) is 4.99. The first kappa shape index (κ1) is 11.6. The standard InChI is InChI=1S/C15H19N3/c16-8-12-4-1-5-14-13(10-18-15(12)14)7-11-3-2-6-17-9-11/h1,4-5,11,13,17-18H,2-3,6-7,9-10H2/t11-,13?/m1/s1.